The summed E-state index contributed by atoms with van der Waals surface area (Å²) in [7, 11) is 0. The van der Waals surface area contributed by atoms with Crippen LogP contribution in [-0.4, -0.2) is 55.9 Å². The van der Waals surface area contributed by atoms with E-state index in [1.807, 2.05) is 6.07 Å². The molecule has 2 atom stereocenters. The second-order valence-corrected chi connectivity index (χ2v) is 7.90. The van der Waals surface area contributed by atoms with Gasteiger partial charge in [-0.25, -0.2) is 13.6 Å². The van der Waals surface area contributed by atoms with Crippen molar-refractivity contribution >= 4 is 23.4 Å². The minimum Gasteiger partial charge on any atom is -0.407 e. The van der Waals surface area contributed by atoms with Crippen LogP contribution in [0, 0.1) is 11.6 Å². The lowest BCUT2D eigenvalue weighted by molar-refractivity contribution is -0.117. The largest absolute Gasteiger partial charge is 0.419 e. The Kier molecular flexibility index (Phi) is 7.96. The van der Waals surface area contributed by atoms with Crippen molar-refractivity contribution < 1.29 is 28.2 Å². The predicted octanol–water partition coefficient (Wildman–Crippen LogP) is 2.35. The average molecular weight is 462 g/mol. The molecule has 1 aliphatic heterocycles. The number of fused-ring (bicyclic) bond motifs is 1. The third-order valence-electron chi connectivity index (χ3n) is 5.52. The molecular weight excluding hydrogens is 434 g/mol. The van der Waals surface area contributed by atoms with Crippen LogP contribution in [0.15, 0.2) is 36.4 Å². The molecule has 33 heavy (non-hydrogen) atoms. The number of aliphatic hydroxyl groups is 1. The Bertz CT molecular complexity index is 1020. The lowest BCUT2D eigenvalue weighted by Crippen LogP contribution is -2.52. The number of carbonyl (C=O) groups is 2. The maximum Gasteiger partial charge on any atom is 0.419 e. The van der Waals surface area contributed by atoms with Crippen molar-refractivity contribution in [2.75, 3.05) is 42.6 Å². The van der Waals surface area contributed by atoms with Crippen molar-refractivity contribution in [3.8, 4) is 5.75 Å². The first-order valence-electron chi connectivity index (χ1n) is 10.7. The molecule has 1 aliphatic rings. The van der Waals surface area contributed by atoms with Crippen LogP contribution in [0.4, 0.5) is 25.0 Å². The van der Waals surface area contributed by atoms with E-state index in [-0.39, 0.29) is 31.0 Å². The van der Waals surface area contributed by atoms with Gasteiger partial charge in [0.2, 0.25) is 5.91 Å². The molecule has 0 fully saturated rings. The molecule has 0 saturated heterocycles. The quantitative estimate of drug-likeness (QED) is 0.545. The maximum atomic E-state index is 14.1. The Balaban J connectivity index is 1.97. The van der Waals surface area contributed by atoms with Crippen molar-refractivity contribution in [3.63, 3.8) is 0 Å². The molecule has 1 heterocycles. The molecule has 2 aromatic carbocycles. The number of ether oxygens (including phenoxy) is 1. The van der Waals surface area contributed by atoms with E-state index in [0.717, 1.165) is 17.7 Å². The van der Waals surface area contributed by atoms with Crippen LogP contribution in [0.5, 0.6) is 5.75 Å². The fourth-order valence-electron chi connectivity index (χ4n) is 3.95. The fraction of sp³-hybridized carbons (Fsp3) is 0.391. The molecule has 2 amide bonds. The third kappa shape index (κ3) is 5.47. The number of hydrogen-bond donors (Lipinski definition) is 3. The SMILES string of the molecule is CC(=O)N1c2ccc(C(CN)CNCCO)cc2N(C(=O)Oc2ccc(F)cc2F)C[C@@H]1C. The van der Waals surface area contributed by atoms with Crippen LogP contribution in [-0.2, 0) is 4.79 Å². The summed E-state index contributed by atoms with van der Waals surface area (Å²) in [6, 6.07) is 7.67. The number of amides is 2. The van der Waals surface area contributed by atoms with Crippen LogP contribution >= 0.6 is 0 Å². The van der Waals surface area contributed by atoms with Gasteiger partial charge in [0.1, 0.15) is 5.82 Å². The fourth-order valence-corrected chi connectivity index (χ4v) is 3.95. The Morgan fingerprint density at radius 3 is 2.64 bits per heavy atom. The lowest BCUT2D eigenvalue weighted by Gasteiger charge is -2.40. The number of nitrogens with zero attached hydrogens (tertiary/aromatic N) is 2. The van der Waals surface area contributed by atoms with Crippen LogP contribution in [0.3, 0.4) is 0 Å². The van der Waals surface area contributed by atoms with Crippen LogP contribution < -0.4 is 25.6 Å². The summed E-state index contributed by atoms with van der Waals surface area (Å²) in [5.74, 6) is -2.47. The molecule has 8 nitrogen and oxygen atoms in total. The van der Waals surface area contributed by atoms with E-state index in [4.69, 9.17) is 15.6 Å². The van der Waals surface area contributed by atoms with Gasteiger partial charge in [0.25, 0.3) is 0 Å². The highest BCUT2D eigenvalue weighted by molar-refractivity contribution is 6.02. The van der Waals surface area contributed by atoms with Gasteiger partial charge in [-0.1, -0.05) is 6.07 Å². The second kappa shape index (κ2) is 10.7. The Morgan fingerprint density at radius 2 is 2.00 bits per heavy atom. The van der Waals surface area contributed by atoms with Crippen LogP contribution in [0.2, 0.25) is 0 Å². The van der Waals surface area contributed by atoms with Gasteiger partial charge in [-0.15, -0.1) is 0 Å². The van der Waals surface area contributed by atoms with E-state index in [9.17, 15) is 18.4 Å². The van der Waals surface area contributed by atoms with Gasteiger partial charge in [-0.3, -0.25) is 9.69 Å². The first kappa shape index (κ1) is 24.6. The smallest absolute Gasteiger partial charge is 0.407 e. The Labute approximate surface area is 190 Å². The number of rotatable bonds is 7. The minimum absolute atomic E-state index is 0.00744. The first-order chi connectivity index (χ1) is 15.8. The number of halogens is 2. The van der Waals surface area contributed by atoms with E-state index in [1.165, 1.54) is 11.8 Å². The average Bonchev–Trinajstić information content (AvgIpc) is 2.77. The van der Waals surface area contributed by atoms with Gasteiger partial charge in [0.15, 0.2) is 11.6 Å². The summed E-state index contributed by atoms with van der Waals surface area (Å²) in [4.78, 5) is 28.3. The molecule has 4 N–H and O–H groups in total. The summed E-state index contributed by atoms with van der Waals surface area (Å²) in [6.07, 6.45) is -0.850. The molecule has 0 bridgehead atoms. The third-order valence-corrected chi connectivity index (χ3v) is 5.52. The zero-order valence-electron chi connectivity index (χ0n) is 18.6. The Morgan fingerprint density at radius 1 is 1.24 bits per heavy atom. The van der Waals surface area contributed by atoms with Gasteiger partial charge < -0.3 is 25.8 Å². The van der Waals surface area contributed by atoms with Crippen LogP contribution in [0.25, 0.3) is 0 Å². The second-order valence-electron chi connectivity index (χ2n) is 7.90. The number of anilines is 2. The van der Waals surface area contributed by atoms with Crippen molar-refractivity contribution in [2.45, 2.75) is 25.8 Å². The molecule has 2 aromatic rings. The van der Waals surface area contributed by atoms with E-state index < -0.39 is 23.5 Å². The summed E-state index contributed by atoms with van der Waals surface area (Å²) in [5, 5.41) is 12.1. The summed E-state index contributed by atoms with van der Waals surface area (Å²) >= 11 is 0. The molecule has 10 heteroatoms. The normalized spacial score (nSPS) is 16.4. The highest BCUT2D eigenvalue weighted by Gasteiger charge is 2.35. The molecule has 0 aliphatic carbocycles. The zero-order valence-corrected chi connectivity index (χ0v) is 18.6. The molecule has 178 valence electrons. The molecule has 1 unspecified atom stereocenters. The monoisotopic (exact) mass is 462 g/mol. The van der Waals surface area contributed by atoms with Crippen molar-refractivity contribution in [3.05, 3.63) is 53.6 Å². The van der Waals surface area contributed by atoms with Crippen molar-refractivity contribution in [1.29, 1.82) is 0 Å². The van der Waals surface area contributed by atoms with E-state index in [0.29, 0.717) is 37.1 Å². The molecule has 0 radical (unpaired) electrons. The summed E-state index contributed by atoms with van der Waals surface area (Å²) in [5.41, 5.74) is 7.71. The van der Waals surface area contributed by atoms with E-state index in [2.05, 4.69) is 5.32 Å². The summed E-state index contributed by atoms with van der Waals surface area (Å²) < 4.78 is 32.5. The Hall–Kier alpha value is -3.08. The maximum absolute atomic E-state index is 14.1. The molecule has 3 rings (SSSR count). The number of benzene rings is 2. The van der Waals surface area contributed by atoms with Crippen molar-refractivity contribution in [2.24, 2.45) is 5.73 Å². The number of aliphatic hydroxyl groups excluding tert-OH is 1. The van der Waals surface area contributed by atoms with Gasteiger partial charge >= 0.3 is 6.09 Å². The highest BCUT2D eigenvalue weighted by Crippen LogP contribution is 2.38. The minimum atomic E-state index is -0.995. The molecule has 0 aromatic heterocycles. The number of hydrogen-bond acceptors (Lipinski definition) is 6. The topological polar surface area (TPSA) is 108 Å². The zero-order chi connectivity index (χ0) is 24.1. The number of nitrogens with two attached hydrogens (primary N) is 1. The van der Waals surface area contributed by atoms with Gasteiger partial charge in [-0.05, 0) is 36.8 Å². The molecule has 0 spiro atoms. The highest BCUT2D eigenvalue weighted by atomic mass is 19.1. The van der Waals surface area contributed by atoms with Crippen molar-refractivity contribution in [1.82, 2.24) is 5.32 Å². The van der Waals surface area contributed by atoms with Crippen LogP contribution in [0.1, 0.15) is 25.3 Å². The predicted molar refractivity (Wildman–Crippen MR) is 121 cm³/mol. The molecular formula is C23H28F2N4O4. The van der Waals surface area contributed by atoms with Gasteiger partial charge in [-0.2, -0.15) is 0 Å². The number of nitrogens with one attached hydrogen (secondary N) is 1. The van der Waals surface area contributed by atoms with E-state index >= 15 is 0 Å². The molecule has 0 saturated carbocycles. The summed E-state index contributed by atoms with van der Waals surface area (Å²) in [6.45, 7) is 4.58. The lowest BCUT2D eigenvalue weighted by atomic mass is 9.96. The van der Waals surface area contributed by atoms with E-state index in [1.54, 1.807) is 24.0 Å². The number of carbonyl (C=O) groups excluding carboxylic acids is 2. The first-order valence-corrected chi connectivity index (χ1v) is 10.7. The standard InChI is InChI=1S/C23H28F2N4O4/c1-14-13-28(23(32)33-22-6-4-18(24)10-19(22)25)21-9-16(17(11-26)12-27-7-8-30)3-5-20(21)29(14)15(2)31/h3-6,9-10,14,17,27,30H,7-8,11-13,26H2,1-2H3/t14-,17?/m0/s1. The van der Waals surface area contributed by atoms with Gasteiger partial charge in [0, 0.05) is 45.1 Å². The van der Waals surface area contributed by atoms with Gasteiger partial charge in [0.05, 0.1) is 24.0 Å².